The lowest BCUT2D eigenvalue weighted by Crippen LogP contribution is -2.80. The molecule has 58 heavy (non-hydrogen) atoms. The zero-order valence-electron chi connectivity index (χ0n) is 35.2. The minimum Gasteiger partial charge on any atom is -0.377 e. The van der Waals surface area contributed by atoms with Gasteiger partial charge in [0.25, 0.3) is 0 Å². The lowest BCUT2D eigenvalue weighted by Gasteiger charge is -2.09. The van der Waals surface area contributed by atoms with Crippen molar-refractivity contribution in [2.45, 2.75) is 130 Å². The Morgan fingerprint density at radius 1 is 0.310 bits per heavy atom. The topological polar surface area (TPSA) is 65.6 Å². The zero-order valence-corrected chi connectivity index (χ0v) is 35.2. The molecule has 8 bridgehead atoms. The molecule has 4 aromatic carbocycles. The average molecular weight is 788 g/mol. The number of nitrogens with two attached hydrogens (primary N) is 1. The van der Waals surface area contributed by atoms with Crippen LogP contribution in [0.1, 0.15) is 122 Å². The van der Waals surface area contributed by atoms with E-state index in [1.165, 1.54) is 70.2 Å². The Balaban J connectivity index is 0.981. The van der Waals surface area contributed by atoms with Crippen molar-refractivity contribution in [1.29, 1.82) is 0 Å². The SMILES string of the molecule is C1=C\CCCCOCc2ccc(cc2)C[NH2+]Cc2ccc(cc2)COCCCC/C=C\CCCCOCc2ccc(cc2)CNCc2ccc(cc2)COCCCC/1. The van der Waals surface area contributed by atoms with Crippen molar-refractivity contribution in [2.75, 3.05) is 26.4 Å². The van der Waals surface area contributed by atoms with Crippen molar-refractivity contribution < 1.29 is 24.3 Å². The first-order chi connectivity index (χ1) is 28.8. The number of quaternary nitrogens is 1. The summed E-state index contributed by atoms with van der Waals surface area (Å²) in [5, 5.41) is 5.95. The summed E-state index contributed by atoms with van der Waals surface area (Å²) >= 11 is 0. The highest BCUT2D eigenvalue weighted by molar-refractivity contribution is 5.25. The van der Waals surface area contributed by atoms with Gasteiger partial charge in [0, 0.05) is 50.6 Å². The molecule has 0 unspecified atom stereocenters. The molecule has 3 N–H and O–H groups in total. The molecule has 0 amide bonds. The normalized spacial score (nSPS) is 19.3. The van der Waals surface area contributed by atoms with Crippen molar-refractivity contribution in [2.24, 2.45) is 0 Å². The van der Waals surface area contributed by atoms with Crippen molar-refractivity contribution in [3.63, 3.8) is 0 Å². The van der Waals surface area contributed by atoms with Crippen LogP contribution in [0.25, 0.3) is 0 Å². The molecule has 11 rings (SSSR count). The Morgan fingerprint density at radius 3 is 0.862 bits per heavy atom. The van der Waals surface area contributed by atoms with Gasteiger partial charge in [0.05, 0.1) is 26.4 Å². The summed E-state index contributed by atoms with van der Waals surface area (Å²) in [5.74, 6) is 0. The number of hydrogen-bond acceptors (Lipinski definition) is 5. The van der Waals surface area contributed by atoms with E-state index in [9.17, 15) is 0 Å². The summed E-state index contributed by atoms with van der Waals surface area (Å²) in [5.41, 5.74) is 10.2. The molecule has 312 valence electrons. The van der Waals surface area contributed by atoms with Crippen molar-refractivity contribution >= 4 is 0 Å². The zero-order chi connectivity index (χ0) is 40.0. The van der Waals surface area contributed by atoms with E-state index in [0.717, 1.165) is 104 Å². The van der Waals surface area contributed by atoms with Gasteiger partial charge in [-0.15, -0.1) is 0 Å². The van der Waals surface area contributed by atoms with Gasteiger partial charge in [-0.05, 0) is 110 Å². The van der Waals surface area contributed by atoms with E-state index < -0.39 is 0 Å². The number of rotatable bonds is 0. The van der Waals surface area contributed by atoms with Crippen molar-refractivity contribution in [1.82, 2.24) is 5.32 Å². The van der Waals surface area contributed by atoms with E-state index in [1.54, 1.807) is 0 Å². The monoisotopic (exact) mass is 788 g/mol. The number of hydrogen-bond donors (Lipinski definition) is 2. The first kappa shape index (κ1) is 45.2. The minimum atomic E-state index is 0.676. The van der Waals surface area contributed by atoms with Gasteiger partial charge in [0.15, 0.2) is 0 Å². The molecule has 0 saturated carbocycles. The predicted molar refractivity (Wildman–Crippen MR) is 238 cm³/mol. The third-order valence-corrected chi connectivity index (χ3v) is 10.6. The van der Waals surface area contributed by atoms with Gasteiger partial charge < -0.3 is 29.6 Å². The fraction of sp³-hybridized carbons (Fsp3) is 0.462. The van der Waals surface area contributed by atoms with E-state index in [4.69, 9.17) is 18.9 Å². The number of ether oxygens (including phenoxy) is 4. The highest BCUT2D eigenvalue weighted by Crippen LogP contribution is 2.12. The first-order valence-electron chi connectivity index (χ1n) is 22.2. The molecule has 7 aliphatic rings. The lowest BCUT2D eigenvalue weighted by molar-refractivity contribution is -0.686. The maximum atomic E-state index is 5.97. The maximum absolute atomic E-state index is 5.97. The van der Waals surface area contributed by atoms with E-state index >= 15 is 0 Å². The molecular weight excluding hydrogens is 717 g/mol. The molecule has 0 aliphatic carbocycles. The first-order valence-corrected chi connectivity index (χ1v) is 22.2. The molecule has 7 heterocycles. The fourth-order valence-electron chi connectivity index (χ4n) is 6.90. The van der Waals surface area contributed by atoms with Gasteiger partial charge in [0.2, 0.25) is 0 Å². The highest BCUT2D eigenvalue weighted by Gasteiger charge is 2.03. The molecular formula is C52H71N2O4+. The maximum Gasteiger partial charge on any atom is 0.101 e. The quantitative estimate of drug-likeness (QED) is 0.174. The molecule has 0 aromatic heterocycles. The number of allylic oxidation sites excluding steroid dienone is 4. The molecule has 6 heteroatoms. The van der Waals surface area contributed by atoms with Crippen LogP contribution in [0, 0.1) is 0 Å². The standard InChI is InChI=1S/C52H70N2O4/c1-2-6-10-14-34-56-42-50-27-19-46(20-28-50)38-54-40-48-23-31-52(32-24-48)44-58-36-16-12-8-4-3-7-11-15-35-57-43-51-29-21-47(22-30-51)39-53-37-45-17-25-49(26-18-45)41-55-33-13-9-5-1/h1-4,17-32,53-54H,5-16,33-44H2/p+1/b2-1-,4-3-. The molecule has 0 fully saturated rings. The van der Waals surface area contributed by atoms with Crippen LogP contribution in [-0.2, 0) is 71.6 Å². The molecule has 0 spiro atoms. The van der Waals surface area contributed by atoms with Gasteiger partial charge in [-0.1, -0.05) is 121 Å². The molecule has 0 atom stereocenters. The van der Waals surface area contributed by atoms with Crippen LogP contribution < -0.4 is 10.6 Å². The van der Waals surface area contributed by atoms with Crippen LogP contribution in [0.2, 0.25) is 0 Å². The third-order valence-electron chi connectivity index (χ3n) is 10.6. The van der Waals surface area contributed by atoms with Gasteiger partial charge in [-0.25, -0.2) is 0 Å². The highest BCUT2D eigenvalue weighted by atomic mass is 16.5. The van der Waals surface area contributed by atoms with Crippen LogP contribution in [0.15, 0.2) is 121 Å². The summed E-state index contributed by atoms with van der Waals surface area (Å²) in [6, 6.07) is 35.4. The van der Waals surface area contributed by atoms with Gasteiger partial charge >= 0.3 is 0 Å². The predicted octanol–water partition coefficient (Wildman–Crippen LogP) is 10.8. The van der Waals surface area contributed by atoms with Crippen LogP contribution in [-0.4, -0.2) is 26.4 Å². The van der Waals surface area contributed by atoms with Crippen LogP contribution in [0.4, 0.5) is 0 Å². The van der Waals surface area contributed by atoms with E-state index in [0.29, 0.717) is 26.4 Å². The van der Waals surface area contributed by atoms with Crippen molar-refractivity contribution in [3.05, 3.63) is 166 Å². The average Bonchev–Trinajstić information content (AvgIpc) is 3.25. The Kier molecular flexibility index (Phi) is 22.9. The fourth-order valence-corrected chi connectivity index (χ4v) is 6.90. The smallest absolute Gasteiger partial charge is 0.101 e. The Bertz CT molecular complexity index is 1420. The molecule has 4 aromatic rings. The van der Waals surface area contributed by atoms with Crippen LogP contribution in [0.3, 0.4) is 0 Å². The molecule has 7 aliphatic heterocycles. The van der Waals surface area contributed by atoms with E-state index in [2.05, 4.69) is 132 Å². The molecule has 0 radical (unpaired) electrons. The molecule has 0 saturated heterocycles. The van der Waals surface area contributed by atoms with Gasteiger partial charge in [-0.2, -0.15) is 0 Å². The minimum absolute atomic E-state index is 0.676. The van der Waals surface area contributed by atoms with Crippen LogP contribution in [0.5, 0.6) is 0 Å². The summed E-state index contributed by atoms with van der Waals surface area (Å²) in [6.45, 7) is 9.61. The van der Waals surface area contributed by atoms with E-state index in [1.807, 2.05) is 0 Å². The summed E-state index contributed by atoms with van der Waals surface area (Å²) < 4.78 is 23.8. The Morgan fingerprint density at radius 2 is 0.569 bits per heavy atom. The second kappa shape index (κ2) is 29.3. The van der Waals surface area contributed by atoms with Crippen LogP contribution >= 0.6 is 0 Å². The third kappa shape index (κ3) is 20.2. The summed E-state index contributed by atoms with van der Waals surface area (Å²) in [6.07, 6.45) is 22.8. The number of nitrogens with one attached hydrogen (secondary N) is 1. The summed E-state index contributed by atoms with van der Waals surface area (Å²) in [7, 11) is 0. The lowest BCUT2D eigenvalue weighted by atomic mass is 10.1. The second-order valence-corrected chi connectivity index (χ2v) is 15.7. The summed E-state index contributed by atoms with van der Waals surface area (Å²) in [4.78, 5) is 0. The van der Waals surface area contributed by atoms with Gasteiger partial charge in [0.1, 0.15) is 13.1 Å². The largest absolute Gasteiger partial charge is 0.377 e. The number of benzene rings is 4. The second-order valence-electron chi connectivity index (χ2n) is 15.7. The Hall–Kier alpha value is -3.88. The van der Waals surface area contributed by atoms with Gasteiger partial charge in [-0.3, -0.25) is 0 Å². The molecule has 6 nitrogen and oxygen atoms in total. The Labute approximate surface area is 350 Å². The van der Waals surface area contributed by atoms with Crippen molar-refractivity contribution in [3.8, 4) is 0 Å². The van der Waals surface area contributed by atoms with E-state index in [-0.39, 0.29) is 0 Å².